The summed E-state index contributed by atoms with van der Waals surface area (Å²) in [6.45, 7) is 3.99. The van der Waals surface area contributed by atoms with Crippen molar-refractivity contribution in [2.24, 2.45) is 0 Å². The Morgan fingerprint density at radius 1 is 1.60 bits per heavy atom. The van der Waals surface area contributed by atoms with Gasteiger partial charge in [0.1, 0.15) is 0 Å². The average molecular weight is 379 g/mol. The number of nitrogens with one attached hydrogen (secondary N) is 1. The Kier molecular flexibility index (Phi) is 3.27. The molecule has 2 aromatic heterocycles. The van der Waals surface area contributed by atoms with Crippen LogP contribution in [0.2, 0.25) is 0 Å². The molecule has 81 valence electrons. The molecule has 0 aromatic carbocycles. The van der Waals surface area contributed by atoms with E-state index in [4.69, 9.17) is 5.73 Å². The summed E-state index contributed by atoms with van der Waals surface area (Å²) in [6.07, 6.45) is 1.70. The van der Waals surface area contributed by atoms with Crippen LogP contribution in [0.25, 0.3) is 11.2 Å². The van der Waals surface area contributed by atoms with Gasteiger partial charge in [-0.2, -0.15) is 0 Å². The van der Waals surface area contributed by atoms with E-state index in [-0.39, 0.29) is 38.0 Å². The van der Waals surface area contributed by atoms with Gasteiger partial charge in [0.25, 0.3) is 0 Å². The fourth-order valence-electron chi connectivity index (χ4n) is 1.35. The zero-order valence-corrected chi connectivity index (χ0v) is 11.1. The molecule has 0 amide bonds. The van der Waals surface area contributed by atoms with Gasteiger partial charge in [0.15, 0.2) is 17.5 Å². The third kappa shape index (κ3) is 1.94. The van der Waals surface area contributed by atoms with E-state index >= 15 is 0 Å². The van der Waals surface area contributed by atoms with E-state index in [2.05, 4.69) is 15.0 Å². The molecule has 7 heteroatoms. The Labute approximate surface area is 99.6 Å². The number of H-pyrrole nitrogens is 1. The number of aromatic amines is 1. The number of hydrogen-bond acceptors (Lipinski definition) is 3. The number of hydrogen-bond donors (Lipinski definition) is 2. The largest absolute Gasteiger partial charge is 0.453 e. The molecule has 0 aliphatic heterocycles. The molecule has 0 atom stereocenters. The number of anilines is 1. The number of aromatic nitrogens is 4. The van der Waals surface area contributed by atoms with Gasteiger partial charge in [-0.3, -0.25) is 14.3 Å². The molecule has 2 heterocycles. The van der Waals surface area contributed by atoms with Crippen molar-refractivity contribution >= 4 is 17.1 Å². The number of nitrogens with two attached hydrogens (primary N) is 1. The first kappa shape index (κ1) is 11.9. The molecular weight excluding hydrogens is 368 g/mol. The van der Waals surface area contributed by atoms with E-state index in [1.54, 1.807) is 6.33 Å². The van der Waals surface area contributed by atoms with Crippen molar-refractivity contribution in [3.63, 3.8) is 0 Å². The number of imidazole rings is 1. The molecule has 15 heavy (non-hydrogen) atoms. The van der Waals surface area contributed by atoms with E-state index in [9.17, 15) is 4.79 Å². The number of rotatable bonds is 1. The molecule has 6 nitrogen and oxygen atoms in total. The summed E-state index contributed by atoms with van der Waals surface area (Å²) < 4.78 is 1.84. The zero-order valence-electron chi connectivity index (χ0n) is 8.36. The molecule has 2 aromatic rings. The zero-order chi connectivity index (χ0) is 10.3. The second kappa shape index (κ2) is 4.13. The number of fused-ring (bicyclic) bond motifs is 1. The van der Waals surface area contributed by atoms with E-state index in [1.807, 2.05) is 18.4 Å². The van der Waals surface area contributed by atoms with E-state index in [1.165, 1.54) is 0 Å². The molecule has 2 rings (SSSR count). The second-order valence-electron chi connectivity index (χ2n) is 3.36. The third-order valence-corrected chi connectivity index (χ3v) is 2.02. The average Bonchev–Trinajstić information content (AvgIpc) is 2.47. The Bertz CT molecular complexity index is 529. The molecule has 0 aliphatic rings. The van der Waals surface area contributed by atoms with Crippen LogP contribution in [0.4, 0.5) is 5.95 Å². The number of nitrogen functional groups attached to an aromatic ring is 1. The Balaban J connectivity index is 0.00000112. The molecule has 0 unspecified atom stereocenters. The molecule has 1 radical (unpaired) electrons. The van der Waals surface area contributed by atoms with E-state index < -0.39 is 0 Å². The van der Waals surface area contributed by atoms with Crippen LogP contribution < -0.4 is 20.8 Å². The van der Waals surface area contributed by atoms with Gasteiger partial charge in [0.2, 0.25) is 5.56 Å². The first-order valence-electron chi connectivity index (χ1n) is 4.32. The summed E-state index contributed by atoms with van der Waals surface area (Å²) in [4.78, 5) is 21.8. The smallest absolute Gasteiger partial charge is 0.246 e. The third-order valence-electron chi connectivity index (χ3n) is 2.02. The monoisotopic (exact) mass is 380 g/mol. The molecular formula is C8H11N5ORe. The van der Waals surface area contributed by atoms with Crippen LogP contribution in [0.1, 0.15) is 19.9 Å². The minimum Gasteiger partial charge on any atom is -0.453 e. The molecule has 0 aliphatic carbocycles. The van der Waals surface area contributed by atoms with Crippen LogP contribution >= 0.6 is 0 Å². The van der Waals surface area contributed by atoms with Gasteiger partial charge in [-0.05, 0) is 13.8 Å². The van der Waals surface area contributed by atoms with E-state index in [0.717, 1.165) is 0 Å². The van der Waals surface area contributed by atoms with Crippen LogP contribution in [-0.4, -0.2) is 9.97 Å². The van der Waals surface area contributed by atoms with Gasteiger partial charge < -0.3 is 15.7 Å². The van der Waals surface area contributed by atoms with Gasteiger partial charge in [0.05, 0.1) is 6.04 Å². The van der Waals surface area contributed by atoms with Gasteiger partial charge in [0, 0.05) is 26.4 Å². The standard InChI is InChI=1S/C8H11N5O.Re/c1-4(2)13-3-10-5-6(13)11-8(9)12-7(5)14;/h3-4H,1-2H3,(H3,9,11,12,14);. The summed E-state index contributed by atoms with van der Waals surface area (Å²) in [6, 6.07) is 0.220. The number of nitrogens with zero attached hydrogens (tertiary/aromatic N) is 3. The molecule has 0 saturated carbocycles. The van der Waals surface area contributed by atoms with Crippen molar-refractivity contribution in [3.05, 3.63) is 16.7 Å². The van der Waals surface area contributed by atoms with Crippen LogP contribution in [-0.2, 0) is 20.4 Å². The maximum atomic E-state index is 11.4. The Morgan fingerprint density at radius 3 is 2.87 bits per heavy atom. The fourth-order valence-corrected chi connectivity index (χ4v) is 1.35. The maximum absolute atomic E-state index is 11.4. The van der Waals surface area contributed by atoms with Gasteiger partial charge >= 0.3 is 0 Å². The van der Waals surface area contributed by atoms with E-state index in [0.29, 0.717) is 11.2 Å². The van der Waals surface area contributed by atoms with Crippen LogP contribution in [0.5, 0.6) is 0 Å². The second-order valence-corrected chi connectivity index (χ2v) is 3.36. The van der Waals surface area contributed by atoms with Crippen LogP contribution in [0.15, 0.2) is 11.1 Å². The minimum absolute atomic E-state index is 0. The van der Waals surface area contributed by atoms with Crippen LogP contribution in [0, 0.1) is 0 Å². The maximum Gasteiger partial charge on any atom is 0.246 e. The summed E-state index contributed by atoms with van der Waals surface area (Å²) in [5.74, 6) is 0.0106. The molecule has 0 spiro atoms. The Hall–Kier alpha value is -1.19. The van der Waals surface area contributed by atoms with Gasteiger partial charge in [-0.15, -0.1) is 0 Å². The SMILES string of the molecule is CC(C)[n+]1c[nH]c2c(=O)[n-]c(N)nc21.[Re]. The summed E-state index contributed by atoms with van der Waals surface area (Å²) in [5, 5.41) is 0. The van der Waals surface area contributed by atoms with Crippen LogP contribution in [0.3, 0.4) is 0 Å². The van der Waals surface area contributed by atoms with Gasteiger partial charge in [-0.1, -0.05) is 0 Å². The quantitative estimate of drug-likeness (QED) is 0.643. The minimum atomic E-state index is -0.369. The fraction of sp³-hybridized carbons (Fsp3) is 0.375. The molecule has 0 fully saturated rings. The first-order valence-corrected chi connectivity index (χ1v) is 4.32. The first-order chi connectivity index (χ1) is 6.59. The van der Waals surface area contributed by atoms with Crippen molar-refractivity contribution in [3.8, 4) is 0 Å². The molecule has 3 N–H and O–H groups in total. The molecule has 0 saturated heterocycles. The molecule has 0 bridgehead atoms. The predicted molar refractivity (Wildman–Crippen MR) is 50.7 cm³/mol. The normalized spacial score (nSPS) is 10.6. The summed E-state index contributed by atoms with van der Waals surface area (Å²) in [7, 11) is 0. The summed E-state index contributed by atoms with van der Waals surface area (Å²) >= 11 is 0. The topological polar surface area (TPSA) is 89.8 Å². The van der Waals surface area contributed by atoms with Crippen molar-refractivity contribution in [2.45, 2.75) is 19.9 Å². The van der Waals surface area contributed by atoms with Crippen molar-refractivity contribution < 1.29 is 25.0 Å². The summed E-state index contributed by atoms with van der Waals surface area (Å²) in [5.41, 5.74) is 5.98. The van der Waals surface area contributed by atoms with Gasteiger partial charge in [-0.25, -0.2) is 0 Å². The van der Waals surface area contributed by atoms with Crippen molar-refractivity contribution in [1.29, 1.82) is 0 Å². The van der Waals surface area contributed by atoms with Crippen molar-refractivity contribution in [1.82, 2.24) is 15.0 Å². The Morgan fingerprint density at radius 2 is 2.27 bits per heavy atom. The predicted octanol–water partition coefficient (Wildman–Crippen LogP) is -0.672. The van der Waals surface area contributed by atoms with Crippen molar-refractivity contribution in [2.75, 3.05) is 5.73 Å².